The zero-order valence-electron chi connectivity index (χ0n) is 10.4. The third-order valence-corrected chi connectivity index (χ3v) is 3.82. The van der Waals surface area contributed by atoms with Crippen molar-refractivity contribution < 1.29 is 14.3 Å². The molecule has 1 fully saturated rings. The van der Waals surface area contributed by atoms with Crippen molar-refractivity contribution in [1.29, 1.82) is 0 Å². The fraction of sp³-hybridized carbons (Fsp3) is 0.462. The number of hydrogen-bond acceptors (Lipinski definition) is 2. The Labute approximate surface area is 120 Å². The van der Waals surface area contributed by atoms with Crippen molar-refractivity contribution in [1.82, 2.24) is 4.90 Å². The van der Waals surface area contributed by atoms with E-state index in [0.717, 1.165) is 18.9 Å². The van der Waals surface area contributed by atoms with Crippen LogP contribution in [0.3, 0.4) is 0 Å². The van der Waals surface area contributed by atoms with Gasteiger partial charge in [0, 0.05) is 13.6 Å². The Kier molecular flexibility index (Phi) is 4.33. The molecule has 19 heavy (non-hydrogen) atoms. The first kappa shape index (κ1) is 14.6. The monoisotopic (exact) mass is 305 g/mol. The van der Waals surface area contributed by atoms with Gasteiger partial charge in [-0.15, -0.1) is 0 Å². The van der Waals surface area contributed by atoms with Gasteiger partial charge in [0.25, 0.3) is 5.91 Å². The average Bonchev–Trinajstić information content (AvgIpc) is 3.16. The summed E-state index contributed by atoms with van der Waals surface area (Å²) in [4.78, 5) is 13.5. The largest absolute Gasteiger partial charge is 0.391 e. The van der Waals surface area contributed by atoms with E-state index >= 15 is 0 Å². The molecule has 104 valence electrons. The van der Waals surface area contributed by atoms with Crippen molar-refractivity contribution in [3.05, 3.63) is 33.6 Å². The maximum atomic E-state index is 13.4. The molecule has 1 unspecified atom stereocenters. The minimum Gasteiger partial charge on any atom is -0.391 e. The van der Waals surface area contributed by atoms with E-state index in [1.54, 1.807) is 7.05 Å². The zero-order chi connectivity index (χ0) is 14.2. The molecule has 0 radical (unpaired) electrons. The lowest BCUT2D eigenvalue weighted by atomic mass is 10.1. The van der Waals surface area contributed by atoms with E-state index in [1.807, 2.05) is 0 Å². The quantitative estimate of drug-likeness (QED) is 0.869. The lowest BCUT2D eigenvalue weighted by Crippen LogP contribution is -2.35. The number of likely N-dealkylation sites (N-methyl/N-ethyl adjacent to an activating group) is 1. The summed E-state index contributed by atoms with van der Waals surface area (Å²) in [7, 11) is 1.55. The highest BCUT2D eigenvalue weighted by atomic mass is 35.5. The van der Waals surface area contributed by atoms with Crippen molar-refractivity contribution in [2.24, 2.45) is 5.92 Å². The summed E-state index contributed by atoms with van der Waals surface area (Å²) < 4.78 is 13.4. The highest BCUT2D eigenvalue weighted by molar-refractivity contribution is 6.36. The van der Waals surface area contributed by atoms with Gasteiger partial charge in [0.1, 0.15) is 5.82 Å². The normalized spacial score (nSPS) is 16.3. The first-order valence-corrected chi connectivity index (χ1v) is 6.74. The molecule has 1 aliphatic rings. The van der Waals surface area contributed by atoms with Crippen LogP contribution in [0.2, 0.25) is 10.0 Å². The lowest BCUT2D eigenvalue weighted by Gasteiger charge is -2.21. The van der Waals surface area contributed by atoms with Gasteiger partial charge in [0.05, 0.1) is 21.7 Å². The molecule has 1 N–H and O–H groups in total. The molecule has 0 saturated heterocycles. The molecule has 0 aromatic heterocycles. The number of aliphatic hydroxyl groups excluding tert-OH is 1. The highest BCUT2D eigenvalue weighted by Gasteiger charge is 2.31. The summed E-state index contributed by atoms with van der Waals surface area (Å²) in [5.74, 6) is -0.849. The molecule has 6 heteroatoms. The Hall–Kier alpha value is -0.840. The van der Waals surface area contributed by atoms with Crippen LogP contribution in [-0.4, -0.2) is 35.6 Å². The van der Waals surface area contributed by atoms with E-state index in [1.165, 1.54) is 11.0 Å². The zero-order valence-corrected chi connectivity index (χ0v) is 11.9. The van der Waals surface area contributed by atoms with Gasteiger partial charge in [-0.05, 0) is 30.9 Å². The first-order valence-electron chi connectivity index (χ1n) is 5.98. The molecule has 0 heterocycles. The van der Waals surface area contributed by atoms with E-state index in [4.69, 9.17) is 23.2 Å². The van der Waals surface area contributed by atoms with Crippen LogP contribution in [0.1, 0.15) is 23.2 Å². The van der Waals surface area contributed by atoms with Gasteiger partial charge in [-0.25, -0.2) is 4.39 Å². The van der Waals surface area contributed by atoms with Gasteiger partial charge in [-0.1, -0.05) is 23.2 Å². The van der Waals surface area contributed by atoms with Crippen LogP contribution >= 0.6 is 23.2 Å². The van der Waals surface area contributed by atoms with Gasteiger partial charge in [-0.3, -0.25) is 4.79 Å². The van der Waals surface area contributed by atoms with Crippen LogP contribution in [0.4, 0.5) is 4.39 Å². The van der Waals surface area contributed by atoms with Gasteiger partial charge in [0.15, 0.2) is 0 Å². The summed E-state index contributed by atoms with van der Waals surface area (Å²) in [6.45, 7) is 0.212. The number of nitrogens with zero attached hydrogens (tertiary/aromatic N) is 1. The van der Waals surface area contributed by atoms with E-state index in [0.29, 0.717) is 0 Å². The van der Waals surface area contributed by atoms with E-state index in [-0.39, 0.29) is 28.1 Å². The van der Waals surface area contributed by atoms with Gasteiger partial charge < -0.3 is 10.0 Å². The standard InChI is InChI=1S/C13H14Cl2FNO2/c1-17(6-12(18)7-2-3-7)13(19)8-4-11(16)10(15)5-9(8)14/h4-5,7,12,18H,2-3,6H2,1H3. The summed E-state index contributed by atoms with van der Waals surface area (Å²) in [6, 6.07) is 2.23. The average molecular weight is 306 g/mol. The van der Waals surface area contributed by atoms with Crippen LogP contribution in [0.25, 0.3) is 0 Å². The molecule has 1 aliphatic carbocycles. The summed E-state index contributed by atoms with van der Waals surface area (Å²) >= 11 is 11.5. The fourth-order valence-corrected chi connectivity index (χ4v) is 2.35. The maximum Gasteiger partial charge on any atom is 0.255 e. The number of rotatable bonds is 4. The number of halogens is 3. The first-order chi connectivity index (χ1) is 8.90. The van der Waals surface area contributed by atoms with Crippen LogP contribution in [0, 0.1) is 11.7 Å². The van der Waals surface area contributed by atoms with Gasteiger partial charge in [0.2, 0.25) is 0 Å². The smallest absolute Gasteiger partial charge is 0.255 e. The van der Waals surface area contributed by atoms with Crippen LogP contribution < -0.4 is 0 Å². The predicted octanol–water partition coefficient (Wildman–Crippen LogP) is 2.98. The lowest BCUT2D eigenvalue weighted by molar-refractivity contribution is 0.0645. The van der Waals surface area contributed by atoms with Crippen LogP contribution in [0.5, 0.6) is 0 Å². The molecule has 1 atom stereocenters. The Morgan fingerprint density at radius 2 is 2.11 bits per heavy atom. The third kappa shape index (κ3) is 3.38. The third-order valence-electron chi connectivity index (χ3n) is 3.21. The van der Waals surface area contributed by atoms with E-state index < -0.39 is 17.8 Å². The Balaban J connectivity index is 2.11. The predicted molar refractivity (Wildman–Crippen MR) is 72.1 cm³/mol. The topological polar surface area (TPSA) is 40.5 Å². The van der Waals surface area contributed by atoms with Crippen molar-refractivity contribution in [3.63, 3.8) is 0 Å². The molecule has 1 aromatic rings. The summed E-state index contributed by atoms with van der Waals surface area (Å²) in [5, 5.41) is 9.78. The van der Waals surface area contributed by atoms with E-state index in [9.17, 15) is 14.3 Å². The van der Waals surface area contributed by atoms with Gasteiger partial charge in [-0.2, -0.15) is 0 Å². The summed E-state index contributed by atoms with van der Waals surface area (Å²) in [6.07, 6.45) is 1.43. The molecule has 1 saturated carbocycles. The van der Waals surface area contributed by atoms with Crippen LogP contribution in [-0.2, 0) is 0 Å². The molecular formula is C13H14Cl2FNO2. The molecule has 1 amide bonds. The molecule has 3 nitrogen and oxygen atoms in total. The Morgan fingerprint density at radius 1 is 1.47 bits per heavy atom. The molecule has 0 spiro atoms. The van der Waals surface area contributed by atoms with Crippen molar-refractivity contribution in [3.8, 4) is 0 Å². The summed E-state index contributed by atoms with van der Waals surface area (Å²) in [5.41, 5.74) is 0.0501. The number of benzene rings is 1. The minimum atomic E-state index is -0.689. The number of amides is 1. The molecule has 1 aromatic carbocycles. The van der Waals surface area contributed by atoms with E-state index in [2.05, 4.69) is 0 Å². The van der Waals surface area contributed by atoms with Crippen molar-refractivity contribution in [2.75, 3.05) is 13.6 Å². The van der Waals surface area contributed by atoms with Crippen LogP contribution in [0.15, 0.2) is 12.1 Å². The molecule has 0 aliphatic heterocycles. The minimum absolute atomic E-state index is 0.0501. The highest BCUT2D eigenvalue weighted by Crippen LogP contribution is 2.33. The molecule has 0 bridgehead atoms. The number of aliphatic hydroxyl groups is 1. The number of hydrogen-bond donors (Lipinski definition) is 1. The number of carbonyl (C=O) groups excluding carboxylic acids is 1. The fourth-order valence-electron chi connectivity index (χ4n) is 1.89. The molecular weight excluding hydrogens is 292 g/mol. The van der Waals surface area contributed by atoms with Gasteiger partial charge >= 0.3 is 0 Å². The Bertz CT molecular complexity index is 506. The van der Waals surface area contributed by atoms with Crippen molar-refractivity contribution >= 4 is 29.1 Å². The SMILES string of the molecule is CN(CC(O)C1CC1)C(=O)c1cc(F)c(Cl)cc1Cl. The van der Waals surface area contributed by atoms with Crippen molar-refractivity contribution in [2.45, 2.75) is 18.9 Å². The number of carbonyl (C=O) groups is 1. The second-order valence-electron chi connectivity index (χ2n) is 4.84. The second-order valence-corrected chi connectivity index (χ2v) is 5.65. The maximum absolute atomic E-state index is 13.4. The second kappa shape index (κ2) is 5.65. The molecule has 2 rings (SSSR count). The Morgan fingerprint density at radius 3 is 2.68 bits per heavy atom.